The topological polar surface area (TPSA) is 64.4 Å². The third kappa shape index (κ3) is 4.90. The highest BCUT2D eigenvalue weighted by atomic mass is 19.1. The van der Waals surface area contributed by atoms with Gasteiger partial charge in [0, 0.05) is 16.7 Å². The number of halogens is 1. The second-order valence-electron chi connectivity index (χ2n) is 8.06. The molecule has 4 aromatic rings. The summed E-state index contributed by atoms with van der Waals surface area (Å²) in [6.07, 6.45) is 0. The zero-order chi connectivity index (χ0) is 24.9. The van der Waals surface area contributed by atoms with Crippen LogP contribution in [0.2, 0.25) is 0 Å². The van der Waals surface area contributed by atoms with Crippen molar-refractivity contribution in [2.45, 2.75) is 6.61 Å². The Balaban J connectivity index is 1.52. The quantitative estimate of drug-likeness (QED) is 0.359. The lowest BCUT2D eigenvalue weighted by atomic mass is 10.00. The van der Waals surface area contributed by atoms with Crippen LogP contribution in [0.3, 0.4) is 0 Å². The maximum Gasteiger partial charge on any atom is 0.161 e. The lowest BCUT2D eigenvalue weighted by molar-refractivity contribution is 0.284. The maximum absolute atomic E-state index is 13.5. The summed E-state index contributed by atoms with van der Waals surface area (Å²) in [6, 6.07) is 27.3. The molecule has 0 spiro atoms. The van der Waals surface area contributed by atoms with Crippen molar-refractivity contribution >= 4 is 17.2 Å². The first-order valence-corrected chi connectivity index (χ1v) is 11.4. The van der Waals surface area contributed by atoms with Crippen molar-refractivity contribution in [2.24, 2.45) is 10.1 Å². The molecule has 0 amide bonds. The van der Waals surface area contributed by atoms with Crippen LogP contribution in [-0.4, -0.2) is 25.8 Å². The van der Waals surface area contributed by atoms with E-state index in [0.29, 0.717) is 46.7 Å². The second-order valence-corrected chi connectivity index (χ2v) is 8.06. The normalized spacial score (nSPS) is 12.4. The average Bonchev–Trinajstić information content (AvgIpc) is 3.12. The Morgan fingerprint density at radius 1 is 0.778 bits per heavy atom. The Kier molecular flexibility index (Phi) is 6.62. The van der Waals surface area contributed by atoms with Gasteiger partial charge in [0.2, 0.25) is 0 Å². The van der Waals surface area contributed by atoms with E-state index in [-0.39, 0.29) is 5.82 Å². The van der Waals surface area contributed by atoms with Crippen molar-refractivity contribution in [3.05, 3.63) is 119 Å². The summed E-state index contributed by atoms with van der Waals surface area (Å²) in [5.41, 5.74) is 7.75. The molecule has 180 valence electrons. The van der Waals surface area contributed by atoms with E-state index in [1.165, 1.54) is 12.1 Å². The van der Waals surface area contributed by atoms with Crippen molar-refractivity contribution in [2.75, 3.05) is 14.2 Å². The van der Waals surface area contributed by atoms with Crippen molar-refractivity contribution in [1.29, 1.82) is 0 Å². The smallest absolute Gasteiger partial charge is 0.161 e. The predicted octanol–water partition coefficient (Wildman–Crippen LogP) is 5.86. The summed E-state index contributed by atoms with van der Waals surface area (Å²) in [4.78, 5) is 4.77. The number of nitrogens with zero attached hydrogens (tertiary/aromatic N) is 2. The number of rotatable bonds is 7. The monoisotopic (exact) mass is 481 g/mol. The van der Waals surface area contributed by atoms with Gasteiger partial charge in [-0.15, -0.1) is 0 Å². The number of fused-ring (bicyclic) bond motifs is 1. The first-order valence-electron chi connectivity index (χ1n) is 11.4. The molecular weight excluding hydrogens is 457 g/mol. The van der Waals surface area contributed by atoms with Gasteiger partial charge in [-0.2, -0.15) is 5.10 Å². The number of hydrogen-bond acceptors (Lipinski definition) is 6. The van der Waals surface area contributed by atoms with Gasteiger partial charge in [-0.05, 0) is 66.2 Å². The molecule has 1 aliphatic rings. The van der Waals surface area contributed by atoms with Crippen LogP contribution in [0.5, 0.6) is 17.2 Å². The number of methoxy groups -OCH3 is 2. The Bertz CT molecular complexity index is 1430. The van der Waals surface area contributed by atoms with Crippen molar-refractivity contribution in [1.82, 2.24) is 5.43 Å². The molecule has 6 nitrogen and oxygen atoms in total. The van der Waals surface area contributed by atoms with Crippen molar-refractivity contribution in [3.63, 3.8) is 0 Å². The number of ether oxygens (including phenoxy) is 3. The summed E-state index contributed by atoms with van der Waals surface area (Å²) >= 11 is 0. The summed E-state index contributed by atoms with van der Waals surface area (Å²) in [7, 11) is 3.22. The van der Waals surface area contributed by atoms with Gasteiger partial charge in [0.25, 0.3) is 0 Å². The highest BCUT2D eigenvalue weighted by Crippen LogP contribution is 2.33. The zero-order valence-electron chi connectivity index (χ0n) is 19.9. The second kappa shape index (κ2) is 10.3. The van der Waals surface area contributed by atoms with Gasteiger partial charge in [0.15, 0.2) is 17.3 Å². The van der Waals surface area contributed by atoms with E-state index >= 15 is 0 Å². The summed E-state index contributed by atoms with van der Waals surface area (Å²) < 4.78 is 30.6. The molecule has 0 unspecified atom stereocenters. The number of nitrogens with one attached hydrogen (secondary N) is 1. The third-order valence-corrected chi connectivity index (χ3v) is 5.76. The maximum atomic E-state index is 13.5. The highest BCUT2D eigenvalue weighted by Gasteiger charge is 2.20. The van der Waals surface area contributed by atoms with Crippen LogP contribution in [0.25, 0.3) is 0 Å². The molecule has 0 fully saturated rings. The van der Waals surface area contributed by atoms with Crippen LogP contribution in [-0.2, 0) is 6.61 Å². The van der Waals surface area contributed by atoms with Gasteiger partial charge in [-0.1, -0.05) is 30.3 Å². The molecule has 4 aromatic carbocycles. The van der Waals surface area contributed by atoms with Crippen LogP contribution >= 0.6 is 0 Å². The largest absolute Gasteiger partial charge is 0.497 e. The fourth-order valence-corrected chi connectivity index (χ4v) is 3.87. The molecule has 1 heterocycles. The number of benzene rings is 4. The molecule has 0 saturated heterocycles. The number of hydrazone groups is 1. The number of aliphatic imine (C=N–C) groups is 1. The lowest BCUT2D eigenvalue weighted by Crippen LogP contribution is -2.19. The van der Waals surface area contributed by atoms with Gasteiger partial charge in [-0.25, -0.2) is 9.38 Å². The molecule has 0 aromatic heterocycles. The van der Waals surface area contributed by atoms with Crippen LogP contribution < -0.4 is 19.6 Å². The van der Waals surface area contributed by atoms with Gasteiger partial charge in [0.1, 0.15) is 23.9 Å². The predicted molar refractivity (Wildman–Crippen MR) is 138 cm³/mol. The van der Waals surface area contributed by atoms with Crippen LogP contribution in [0, 0.1) is 5.82 Å². The Hall–Kier alpha value is -4.65. The molecule has 0 aliphatic carbocycles. The van der Waals surface area contributed by atoms with Crippen molar-refractivity contribution < 1.29 is 18.6 Å². The summed E-state index contributed by atoms with van der Waals surface area (Å²) in [5, 5.41) is 4.68. The van der Waals surface area contributed by atoms with E-state index in [0.717, 1.165) is 16.7 Å². The fourth-order valence-electron chi connectivity index (χ4n) is 3.87. The highest BCUT2D eigenvalue weighted by molar-refractivity contribution is 6.18. The first kappa shape index (κ1) is 23.1. The van der Waals surface area contributed by atoms with E-state index in [1.54, 1.807) is 26.4 Å². The molecule has 36 heavy (non-hydrogen) atoms. The molecule has 7 heteroatoms. The minimum Gasteiger partial charge on any atom is -0.497 e. The van der Waals surface area contributed by atoms with Crippen LogP contribution in [0.1, 0.15) is 22.3 Å². The lowest BCUT2D eigenvalue weighted by Gasteiger charge is -2.14. The van der Waals surface area contributed by atoms with Crippen LogP contribution in [0.15, 0.2) is 101 Å². The zero-order valence-corrected chi connectivity index (χ0v) is 19.9. The van der Waals surface area contributed by atoms with Gasteiger partial charge in [0.05, 0.1) is 19.9 Å². The molecule has 0 atom stereocenters. The first-order chi connectivity index (χ1) is 17.6. The summed E-state index contributed by atoms with van der Waals surface area (Å²) in [5.74, 6) is 2.08. The Labute approximate surface area is 208 Å². The standard InChI is InChI=1S/C29H24FN3O3/c1-34-23-13-14-25-24(17-23)28(32-33-29(31-25)20-8-11-22(30)12-9-20)21-10-15-26(27(16-21)35-2)36-18-19-6-4-3-5-7-19/h3-17H,18H2,1-2H3,(H,31,33). The number of hydrogen-bond donors (Lipinski definition) is 1. The minimum absolute atomic E-state index is 0.316. The van der Waals surface area contributed by atoms with E-state index in [1.807, 2.05) is 66.7 Å². The van der Waals surface area contributed by atoms with Crippen LogP contribution in [0.4, 0.5) is 10.1 Å². The Morgan fingerprint density at radius 2 is 1.56 bits per heavy atom. The molecule has 0 bridgehead atoms. The van der Waals surface area contributed by atoms with Crippen molar-refractivity contribution in [3.8, 4) is 17.2 Å². The van der Waals surface area contributed by atoms with Gasteiger partial charge < -0.3 is 14.2 Å². The molecular formula is C29H24FN3O3. The minimum atomic E-state index is -0.316. The molecule has 1 N–H and O–H groups in total. The van der Waals surface area contributed by atoms with E-state index < -0.39 is 0 Å². The molecule has 5 rings (SSSR count). The fraction of sp³-hybridized carbons (Fsp3) is 0.103. The van der Waals surface area contributed by atoms with Gasteiger partial charge >= 0.3 is 0 Å². The van der Waals surface area contributed by atoms with Gasteiger partial charge in [-0.3, -0.25) is 5.43 Å². The van der Waals surface area contributed by atoms with E-state index in [2.05, 4.69) is 10.5 Å². The Morgan fingerprint density at radius 3 is 2.31 bits per heavy atom. The van der Waals surface area contributed by atoms with E-state index in [4.69, 9.17) is 19.2 Å². The molecule has 1 aliphatic heterocycles. The average molecular weight is 482 g/mol. The third-order valence-electron chi connectivity index (χ3n) is 5.76. The molecule has 0 saturated carbocycles. The van der Waals surface area contributed by atoms with E-state index in [9.17, 15) is 4.39 Å². The summed E-state index contributed by atoms with van der Waals surface area (Å²) in [6.45, 7) is 0.425. The SMILES string of the molecule is COc1ccc2c(c1)C(c1ccc(OCc3ccccc3)c(OC)c1)=NNC(c1ccc(F)cc1)=N2. The molecule has 0 radical (unpaired) electrons. The number of amidine groups is 1.